The topological polar surface area (TPSA) is 64.4 Å². The summed E-state index contributed by atoms with van der Waals surface area (Å²) in [5.41, 5.74) is 5.08. The Kier molecular flexibility index (Phi) is 9.06. The molecule has 0 aromatic heterocycles. The van der Waals surface area contributed by atoms with Crippen molar-refractivity contribution in [1.82, 2.24) is 5.32 Å². The van der Waals surface area contributed by atoms with Gasteiger partial charge in [0.1, 0.15) is 6.10 Å². The average molecular weight is 333 g/mol. The Morgan fingerprint density at radius 2 is 2.05 bits per heavy atom. The number of amides is 1. The molecule has 1 aromatic carbocycles. The van der Waals surface area contributed by atoms with Crippen molar-refractivity contribution in [2.75, 3.05) is 6.54 Å². The lowest BCUT2D eigenvalue weighted by atomic mass is 9.96. The fourth-order valence-corrected chi connectivity index (χ4v) is 2.03. The fraction of sp³-hybridized carbons (Fsp3) is 0.562. The van der Waals surface area contributed by atoms with Crippen LogP contribution < -0.4 is 15.8 Å². The number of ether oxygens (including phenoxy) is 1. The molecule has 0 radical (unpaired) electrons. The number of carbonyl (C=O) groups excluding carboxylic acids is 1. The summed E-state index contributed by atoms with van der Waals surface area (Å²) in [6, 6.07) is 6.24. The molecule has 0 spiro atoms. The van der Waals surface area contributed by atoms with Crippen LogP contribution in [0.4, 0.5) is 4.39 Å². The van der Waals surface area contributed by atoms with Crippen molar-refractivity contribution in [3.05, 3.63) is 30.1 Å². The zero-order valence-corrected chi connectivity index (χ0v) is 14.2. The van der Waals surface area contributed by atoms with Crippen LogP contribution in [0.3, 0.4) is 0 Å². The van der Waals surface area contributed by atoms with Crippen molar-refractivity contribution in [2.24, 2.45) is 5.73 Å². The van der Waals surface area contributed by atoms with E-state index in [2.05, 4.69) is 5.32 Å². The van der Waals surface area contributed by atoms with Crippen molar-refractivity contribution >= 4 is 18.3 Å². The van der Waals surface area contributed by atoms with Crippen LogP contribution in [0.25, 0.3) is 0 Å². The minimum absolute atomic E-state index is 0. The molecular formula is C16H26ClFN2O2. The SMILES string of the molecule is CCCC(C)(N)C(=O)NCC(CC)Oc1ccccc1F.Cl. The highest BCUT2D eigenvalue weighted by molar-refractivity contribution is 5.85. The first kappa shape index (κ1) is 20.7. The molecule has 4 nitrogen and oxygen atoms in total. The maximum absolute atomic E-state index is 13.5. The summed E-state index contributed by atoms with van der Waals surface area (Å²) >= 11 is 0. The van der Waals surface area contributed by atoms with Gasteiger partial charge in [0, 0.05) is 0 Å². The second-order valence-electron chi connectivity index (χ2n) is 5.46. The van der Waals surface area contributed by atoms with Crippen molar-refractivity contribution < 1.29 is 13.9 Å². The van der Waals surface area contributed by atoms with Gasteiger partial charge in [0.15, 0.2) is 11.6 Å². The van der Waals surface area contributed by atoms with Crippen LogP contribution in [-0.2, 0) is 4.79 Å². The molecule has 1 amide bonds. The molecule has 3 N–H and O–H groups in total. The molecule has 0 saturated carbocycles. The van der Waals surface area contributed by atoms with Gasteiger partial charge in [-0.2, -0.15) is 0 Å². The van der Waals surface area contributed by atoms with Gasteiger partial charge in [-0.1, -0.05) is 32.4 Å². The van der Waals surface area contributed by atoms with Gasteiger partial charge in [-0.15, -0.1) is 12.4 Å². The Morgan fingerprint density at radius 1 is 1.41 bits per heavy atom. The molecule has 22 heavy (non-hydrogen) atoms. The predicted octanol–water partition coefficient (Wildman–Crippen LogP) is 3.04. The van der Waals surface area contributed by atoms with Crippen LogP contribution in [0.5, 0.6) is 5.75 Å². The summed E-state index contributed by atoms with van der Waals surface area (Å²) in [7, 11) is 0. The number of nitrogens with two attached hydrogens (primary N) is 1. The molecule has 0 aliphatic rings. The van der Waals surface area contributed by atoms with E-state index < -0.39 is 11.4 Å². The number of para-hydroxylation sites is 1. The number of hydrogen-bond acceptors (Lipinski definition) is 3. The first-order chi connectivity index (χ1) is 9.90. The van der Waals surface area contributed by atoms with Crippen molar-refractivity contribution in [3.63, 3.8) is 0 Å². The number of halogens is 2. The van der Waals surface area contributed by atoms with E-state index in [9.17, 15) is 9.18 Å². The number of carbonyl (C=O) groups is 1. The fourth-order valence-electron chi connectivity index (χ4n) is 2.03. The van der Waals surface area contributed by atoms with E-state index in [0.717, 1.165) is 6.42 Å². The quantitative estimate of drug-likeness (QED) is 0.769. The Labute approximate surface area is 138 Å². The molecule has 0 saturated heterocycles. The maximum atomic E-state index is 13.5. The lowest BCUT2D eigenvalue weighted by Crippen LogP contribution is -2.53. The molecule has 0 heterocycles. The van der Waals surface area contributed by atoms with Crippen molar-refractivity contribution in [2.45, 2.75) is 51.7 Å². The van der Waals surface area contributed by atoms with E-state index in [1.165, 1.54) is 6.07 Å². The third-order valence-electron chi connectivity index (χ3n) is 3.36. The first-order valence-corrected chi connectivity index (χ1v) is 7.39. The van der Waals surface area contributed by atoms with Gasteiger partial charge < -0.3 is 15.8 Å². The monoisotopic (exact) mass is 332 g/mol. The molecule has 2 unspecified atom stereocenters. The minimum atomic E-state index is -0.884. The molecule has 126 valence electrons. The molecular weight excluding hydrogens is 307 g/mol. The predicted molar refractivity (Wildman–Crippen MR) is 88.9 cm³/mol. The molecule has 0 fully saturated rings. The number of rotatable bonds is 8. The van der Waals surface area contributed by atoms with Gasteiger partial charge in [0.05, 0.1) is 12.1 Å². The van der Waals surface area contributed by atoms with Crippen molar-refractivity contribution in [1.29, 1.82) is 0 Å². The molecule has 0 aliphatic carbocycles. The molecule has 2 atom stereocenters. The standard InChI is InChI=1S/C16H25FN2O2.ClH/c1-4-10-16(3,18)15(20)19-11-12(5-2)21-14-9-7-6-8-13(14)17;/h6-9,12H,4-5,10-11,18H2,1-3H3,(H,19,20);1H. The summed E-state index contributed by atoms with van der Waals surface area (Å²) < 4.78 is 19.1. The largest absolute Gasteiger partial charge is 0.486 e. The highest BCUT2D eigenvalue weighted by Gasteiger charge is 2.27. The van der Waals surface area contributed by atoms with Crippen LogP contribution in [0.15, 0.2) is 24.3 Å². The number of hydrogen-bond donors (Lipinski definition) is 2. The first-order valence-electron chi connectivity index (χ1n) is 7.39. The molecule has 1 aromatic rings. The normalized spacial score (nSPS) is 14.4. The Bertz CT molecular complexity index is 469. The lowest BCUT2D eigenvalue weighted by Gasteiger charge is -2.25. The van der Waals surface area contributed by atoms with Crippen LogP contribution in [-0.4, -0.2) is 24.1 Å². The van der Waals surface area contributed by atoms with Crippen LogP contribution in [0.1, 0.15) is 40.0 Å². The summed E-state index contributed by atoms with van der Waals surface area (Å²) in [4.78, 5) is 12.0. The maximum Gasteiger partial charge on any atom is 0.239 e. The van der Waals surface area contributed by atoms with Crippen LogP contribution in [0.2, 0.25) is 0 Å². The Balaban J connectivity index is 0.00000441. The Morgan fingerprint density at radius 3 is 2.59 bits per heavy atom. The summed E-state index contributed by atoms with van der Waals surface area (Å²) in [5, 5.41) is 2.79. The van der Waals surface area contributed by atoms with E-state index in [0.29, 0.717) is 19.4 Å². The van der Waals surface area contributed by atoms with Crippen molar-refractivity contribution in [3.8, 4) is 5.75 Å². The van der Waals surface area contributed by atoms with Gasteiger partial charge >= 0.3 is 0 Å². The smallest absolute Gasteiger partial charge is 0.239 e. The third-order valence-corrected chi connectivity index (χ3v) is 3.36. The van der Waals surface area contributed by atoms with E-state index in [1.54, 1.807) is 25.1 Å². The van der Waals surface area contributed by atoms with Gasteiger partial charge in [-0.25, -0.2) is 4.39 Å². The Hall–Kier alpha value is -1.33. The second kappa shape index (κ2) is 9.64. The average Bonchev–Trinajstić information content (AvgIpc) is 2.44. The second-order valence-corrected chi connectivity index (χ2v) is 5.46. The van der Waals surface area contributed by atoms with Crippen LogP contribution >= 0.6 is 12.4 Å². The number of nitrogens with one attached hydrogen (secondary N) is 1. The molecule has 1 rings (SSSR count). The minimum Gasteiger partial charge on any atom is -0.486 e. The summed E-state index contributed by atoms with van der Waals surface area (Å²) in [6.07, 6.45) is 1.82. The molecule has 0 aliphatic heterocycles. The van der Waals surface area contributed by atoms with Gasteiger partial charge in [0.25, 0.3) is 0 Å². The van der Waals surface area contributed by atoms with E-state index >= 15 is 0 Å². The van der Waals surface area contributed by atoms with E-state index in [1.807, 2.05) is 13.8 Å². The van der Waals surface area contributed by atoms with Gasteiger partial charge in [-0.3, -0.25) is 4.79 Å². The van der Waals surface area contributed by atoms with E-state index in [-0.39, 0.29) is 30.2 Å². The number of benzene rings is 1. The lowest BCUT2D eigenvalue weighted by molar-refractivity contribution is -0.126. The third kappa shape index (κ3) is 6.20. The zero-order chi connectivity index (χ0) is 15.9. The molecule has 0 bridgehead atoms. The summed E-state index contributed by atoms with van der Waals surface area (Å²) in [5.74, 6) is -0.417. The molecule has 6 heteroatoms. The summed E-state index contributed by atoms with van der Waals surface area (Å²) in [6.45, 7) is 5.92. The van der Waals surface area contributed by atoms with E-state index in [4.69, 9.17) is 10.5 Å². The van der Waals surface area contributed by atoms with Gasteiger partial charge in [0.2, 0.25) is 5.91 Å². The zero-order valence-electron chi connectivity index (χ0n) is 13.4. The van der Waals surface area contributed by atoms with Crippen LogP contribution in [0, 0.1) is 5.82 Å². The van der Waals surface area contributed by atoms with Gasteiger partial charge in [-0.05, 0) is 31.9 Å². The highest BCUT2D eigenvalue weighted by Crippen LogP contribution is 2.18. The highest BCUT2D eigenvalue weighted by atomic mass is 35.5.